The van der Waals surface area contributed by atoms with Gasteiger partial charge in [0.05, 0.1) is 11.6 Å². The lowest BCUT2D eigenvalue weighted by Crippen LogP contribution is -2.23. The van der Waals surface area contributed by atoms with E-state index in [1.807, 2.05) is 24.3 Å². The molecule has 1 saturated carbocycles. The van der Waals surface area contributed by atoms with E-state index in [1.54, 1.807) is 19.1 Å². The van der Waals surface area contributed by atoms with Crippen LogP contribution in [0.25, 0.3) is 0 Å². The molecule has 2 heteroatoms. The van der Waals surface area contributed by atoms with Gasteiger partial charge in [0.15, 0.2) is 0 Å². The number of hydrogen-bond acceptors (Lipinski definition) is 2. The summed E-state index contributed by atoms with van der Waals surface area (Å²) in [6, 6.07) is 17.6. The molecule has 1 fully saturated rings. The summed E-state index contributed by atoms with van der Waals surface area (Å²) >= 11 is 0. The van der Waals surface area contributed by atoms with Gasteiger partial charge >= 0.3 is 0 Å². The molecule has 21 heavy (non-hydrogen) atoms. The minimum atomic E-state index is -1.08. The van der Waals surface area contributed by atoms with Gasteiger partial charge in [0, 0.05) is 0 Å². The predicted octanol–water partition coefficient (Wildman–Crippen LogP) is 4.08. The SMILES string of the molecule is CC(O)(c1ccc(C2CCC2)cc1)c1cccc(C#N)c1. The molecule has 0 spiro atoms. The Balaban J connectivity index is 1.91. The summed E-state index contributed by atoms with van der Waals surface area (Å²) < 4.78 is 0. The minimum absolute atomic E-state index is 0.568. The first-order chi connectivity index (χ1) is 10.1. The second-order valence-corrected chi connectivity index (χ2v) is 6.01. The maximum absolute atomic E-state index is 10.9. The predicted molar refractivity (Wildman–Crippen MR) is 82.9 cm³/mol. The Kier molecular flexibility index (Phi) is 3.53. The highest BCUT2D eigenvalue weighted by Crippen LogP contribution is 2.37. The van der Waals surface area contributed by atoms with Gasteiger partial charge in [-0.3, -0.25) is 0 Å². The molecule has 0 saturated heterocycles. The van der Waals surface area contributed by atoms with E-state index in [1.165, 1.54) is 24.8 Å². The van der Waals surface area contributed by atoms with Crippen LogP contribution in [-0.4, -0.2) is 5.11 Å². The van der Waals surface area contributed by atoms with Crippen LogP contribution in [0.15, 0.2) is 48.5 Å². The van der Waals surface area contributed by atoms with Crippen molar-refractivity contribution in [2.75, 3.05) is 0 Å². The van der Waals surface area contributed by atoms with Crippen molar-refractivity contribution in [3.8, 4) is 6.07 Å². The molecular weight excluding hydrogens is 258 g/mol. The minimum Gasteiger partial charge on any atom is -0.381 e. The third kappa shape index (κ3) is 2.57. The summed E-state index contributed by atoms with van der Waals surface area (Å²) in [5.74, 6) is 0.700. The van der Waals surface area contributed by atoms with Crippen molar-refractivity contribution >= 4 is 0 Å². The standard InChI is InChI=1S/C19H19NO/c1-19(21,18-7-2-4-14(12-18)13-20)17-10-8-16(9-11-17)15-5-3-6-15/h2,4,7-12,15,21H,3,5-6H2,1H3. The van der Waals surface area contributed by atoms with Crippen molar-refractivity contribution in [3.63, 3.8) is 0 Å². The van der Waals surface area contributed by atoms with E-state index in [4.69, 9.17) is 5.26 Å². The highest BCUT2D eigenvalue weighted by Gasteiger charge is 2.26. The molecule has 2 aromatic rings. The lowest BCUT2D eigenvalue weighted by Gasteiger charge is -2.28. The van der Waals surface area contributed by atoms with Crippen LogP contribution in [0.5, 0.6) is 0 Å². The highest BCUT2D eigenvalue weighted by molar-refractivity contribution is 5.41. The second-order valence-electron chi connectivity index (χ2n) is 6.01. The molecule has 2 aromatic carbocycles. The van der Waals surface area contributed by atoms with Crippen molar-refractivity contribution in [2.45, 2.75) is 37.7 Å². The van der Waals surface area contributed by atoms with Gasteiger partial charge < -0.3 is 5.11 Å². The summed E-state index contributed by atoms with van der Waals surface area (Å²) in [6.45, 7) is 1.78. The number of benzene rings is 2. The Bertz CT molecular complexity index is 675. The zero-order valence-electron chi connectivity index (χ0n) is 12.2. The van der Waals surface area contributed by atoms with Gasteiger partial charge in [-0.1, -0.05) is 42.8 Å². The van der Waals surface area contributed by atoms with Gasteiger partial charge in [0.1, 0.15) is 5.60 Å². The van der Waals surface area contributed by atoms with E-state index >= 15 is 0 Å². The van der Waals surface area contributed by atoms with Crippen LogP contribution in [0, 0.1) is 11.3 Å². The summed E-state index contributed by atoms with van der Waals surface area (Å²) in [7, 11) is 0. The average Bonchev–Trinajstić information content (AvgIpc) is 2.46. The number of aliphatic hydroxyl groups is 1. The monoisotopic (exact) mass is 277 g/mol. The molecule has 1 aliphatic carbocycles. The molecule has 1 N–H and O–H groups in total. The molecule has 0 aromatic heterocycles. The molecular formula is C19H19NO. The highest BCUT2D eigenvalue weighted by atomic mass is 16.3. The summed E-state index contributed by atoms with van der Waals surface area (Å²) in [6.07, 6.45) is 3.88. The van der Waals surface area contributed by atoms with Crippen LogP contribution >= 0.6 is 0 Å². The van der Waals surface area contributed by atoms with Crippen molar-refractivity contribution in [2.24, 2.45) is 0 Å². The van der Waals surface area contributed by atoms with E-state index in [0.717, 1.165) is 11.1 Å². The van der Waals surface area contributed by atoms with E-state index < -0.39 is 5.60 Å². The fourth-order valence-corrected chi connectivity index (χ4v) is 2.88. The fourth-order valence-electron chi connectivity index (χ4n) is 2.88. The zero-order valence-corrected chi connectivity index (χ0v) is 12.2. The first kappa shape index (κ1) is 13.9. The number of nitrogens with zero attached hydrogens (tertiary/aromatic N) is 1. The number of rotatable bonds is 3. The van der Waals surface area contributed by atoms with Crippen LogP contribution in [0.2, 0.25) is 0 Å². The van der Waals surface area contributed by atoms with Gasteiger partial charge in [-0.25, -0.2) is 0 Å². The van der Waals surface area contributed by atoms with Gasteiger partial charge in [0.2, 0.25) is 0 Å². The second kappa shape index (κ2) is 5.35. The molecule has 0 bridgehead atoms. The lowest BCUT2D eigenvalue weighted by molar-refractivity contribution is 0.102. The maximum atomic E-state index is 10.9. The Labute approximate surface area is 125 Å². The van der Waals surface area contributed by atoms with Gasteiger partial charge in [-0.05, 0) is 54.5 Å². The van der Waals surface area contributed by atoms with E-state index in [2.05, 4.69) is 18.2 Å². The summed E-state index contributed by atoms with van der Waals surface area (Å²) in [5.41, 5.74) is 2.47. The topological polar surface area (TPSA) is 44.0 Å². The van der Waals surface area contributed by atoms with Crippen molar-refractivity contribution in [1.82, 2.24) is 0 Å². The van der Waals surface area contributed by atoms with Crippen LogP contribution in [-0.2, 0) is 5.60 Å². The van der Waals surface area contributed by atoms with E-state index in [0.29, 0.717) is 11.5 Å². The van der Waals surface area contributed by atoms with Crippen LogP contribution in [0.1, 0.15) is 54.4 Å². The number of hydrogen-bond donors (Lipinski definition) is 1. The van der Waals surface area contributed by atoms with Gasteiger partial charge in [0.25, 0.3) is 0 Å². The van der Waals surface area contributed by atoms with Crippen LogP contribution in [0.3, 0.4) is 0 Å². The van der Waals surface area contributed by atoms with Crippen molar-refractivity contribution < 1.29 is 5.11 Å². The molecule has 0 amide bonds. The Morgan fingerprint density at radius 3 is 2.38 bits per heavy atom. The number of nitriles is 1. The Morgan fingerprint density at radius 2 is 1.81 bits per heavy atom. The lowest BCUT2D eigenvalue weighted by atomic mass is 9.79. The van der Waals surface area contributed by atoms with Gasteiger partial charge in [-0.2, -0.15) is 5.26 Å². The molecule has 0 heterocycles. The van der Waals surface area contributed by atoms with Gasteiger partial charge in [-0.15, -0.1) is 0 Å². The zero-order chi connectivity index (χ0) is 14.9. The third-order valence-corrected chi connectivity index (χ3v) is 4.60. The molecule has 3 rings (SSSR count). The Morgan fingerprint density at radius 1 is 1.10 bits per heavy atom. The smallest absolute Gasteiger partial charge is 0.112 e. The van der Waals surface area contributed by atoms with Crippen molar-refractivity contribution in [3.05, 3.63) is 70.8 Å². The normalized spacial score (nSPS) is 17.6. The maximum Gasteiger partial charge on any atom is 0.112 e. The quantitative estimate of drug-likeness (QED) is 0.918. The molecule has 1 aliphatic rings. The fraction of sp³-hybridized carbons (Fsp3) is 0.316. The average molecular weight is 277 g/mol. The van der Waals surface area contributed by atoms with Crippen molar-refractivity contribution in [1.29, 1.82) is 5.26 Å². The molecule has 0 radical (unpaired) electrons. The van der Waals surface area contributed by atoms with Crippen LogP contribution in [0.4, 0.5) is 0 Å². The molecule has 1 unspecified atom stereocenters. The molecule has 1 atom stereocenters. The molecule has 2 nitrogen and oxygen atoms in total. The molecule has 0 aliphatic heterocycles. The molecule has 106 valence electrons. The Hall–Kier alpha value is -2.11. The summed E-state index contributed by atoms with van der Waals surface area (Å²) in [4.78, 5) is 0. The van der Waals surface area contributed by atoms with Crippen LogP contribution < -0.4 is 0 Å². The first-order valence-electron chi connectivity index (χ1n) is 7.45. The van der Waals surface area contributed by atoms with E-state index in [-0.39, 0.29) is 0 Å². The third-order valence-electron chi connectivity index (χ3n) is 4.60. The first-order valence-corrected chi connectivity index (χ1v) is 7.45. The summed E-state index contributed by atoms with van der Waals surface area (Å²) in [5, 5.41) is 19.9. The van der Waals surface area contributed by atoms with E-state index in [9.17, 15) is 5.11 Å². The largest absolute Gasteiger partial charge is 0.381 e.